The number of piperazine rings is 1. The van der Waals surface area contributed by atoms with Crippen molar-refractivity contribution in [2.45, 2.75) is 135 Å². The number of benzene rings is 1. The van der Waals surface area contributed by atoms with Gasteiger partial charge in [-0.15, -0.1) is 11.3 Å². The Morgan fingerprint density at radius 1 is 1.04 bits per heavy atom. The van der Waals surface area contributed by atoms with E-state index in [1.807, 2.05) is 45.5 Å². The van der Waals surface area contributed by atoms with Gasteiger partial charge in [0.15, 0.2) is 5.82 Å². The van der Waals surface area contributed by atoms with Crippen molar-refractivity contribution < 1.29 is 33.0 Å². The Morgan fingerprint density at radius 2 is 1.79 bits per heavy atom. The number of aromatic nitrogens is 3. The van der Waals surface area contributed by atoms with Crippen LogP contribution >= 0.6 is 11.3 Å². The van der Waals surface area contributed by atoms with Crippen LogP contribution < -0.4 is 15.6 Å². The minimum absolute atomic E-state index is 0.0156. The first-order chi connectivity index (χ1) is 34.6. The van der Waals surface area contributed by atoms with Crippen molar-refractivity contribution in [1.29, 1.82) is 0 Å². The number of esters is 1. The lowest BCUT2D eigenvalue weighted by molar-refractivity contribution is -0.155. The molecule has 10 rings (SSSR count). The highest BCUT2D eigenvalue weighted by molar-refractivity contribution is 7.10. The Labute approximate surface area is 426 Å². The number of methoxy groups -OCH3 is 1. The van der Waals surface area contributed by atoms with Gasteiger partial charge in [0.25, 0.3) is 5.91 Å². The normalized spacial score (nSPS) is 26.0. The molecule has 0 radical (unpaired) electrons. The summed E-state index contributed by atoms with van der Waals surface area (Å²) in [6, 6.07) is 3.22. The van der Waals surface area contributed by atoms with Crippen LogP contribution in [-0.2, 0) is 48.0 Å². The maximum Gasteiger partial charge on any atom is 0.324 e. The van der Waals surface area contributed by atoms with E-state index in [-0.39, 0.29) is 48.9 Å². The fourth-order valence-electron chi connectivity index (χ4n) is 12.2. The molecular weight excluding hydrogens is 936 g/mol. The Balaban J connectivity index is 1.05. The number of aryl methyl sites for hydroxylation is 1. The second-order valence-corrected chi connectivity index (χ2v) is 23.2. The Bertz CT molecular complexity index is 2710. The van der Waals surface area contributed by atoms with E-state index < -0.39 is 41.2 Å². The van der Waals surface area contributed by atoms with Crippen LogP contribution in [-0.4, -0.2) is 156 Å². The number of ether oxygens (including phenoxy) is 2. The van der Waals surface area contributed by atoms with Crippen LogP contribution in [0.4, 0.5) is 10.1 Å². The van der Waals surface area contributed by atoms with Crippen LogP contribution in [0.3, 0.4) is 0 Å². The predicted octanol–water partition coefficient (Wildman–Crippen LogP) is 6.20. The molecule has 2 saturated carbocycles. The predicted molar refractivity (Wildman–Crippen MR) is 276 cm³/mol. The lowest BCUT2D eigenvalue weighted by atomic mass is 9.93. The van der Waals surface area contributed by atoms with Gasteiger partial charge < -0.3 is 34.1 Å². The molecule has 388 valence electrons. The number of hydrogen-bond acceptors (Lipinski definition) is 13. The number of hydrogen-bond donors (Lipinski definition) is 2. The van der Waals surface area contributed by atoms with Crippen molar-refractivity contribution in [1.82, 2.24) is 45.0 Å². The molecule has 6 aliphatic rings. The summed E-state index contributed by atoms with van der Waals surface area (Å²) in [5.41, 5.74) is 8.01. The summed E-state index contributed by atoms with van der Waals surface area (Å²) in [6.45, 7) is 12.3. The number of nitrogens with zero attached hydrogens (tertiary/aromatic N) is 8. The zero-order valence-corrected chi connectivity index (χ0v) is 44.2. The van der Waals surface area contributed by atoms with Crippen LogP contribution in [0.1, 0.15) is 101 Å². The lowest BCUT2D eigenvalue weighted by Crippen LogP contribution is -2.62. The molecule has 18 heteroatoms. The second kappa shape index (κ2) is 20.4. The number of halogens is 1. The molecule has 6 bridgehead atoms. The van der Waals surface area contributed by atoms with E-state index in [0.717, 1.165) is 98.3 Å². The van der Waals surface area contributed by atoms with Gasteiger partial charge in [-0.1, -0.05) is 39.7 Å². The molecule has 4 aromatic rings. The molecule has 7 heterocycles. The molecule has 1 aromatic carbocycles. The average molecular weight is 1010 g/mol. The third kappa shape index (κ3) is 9.78. The van der Waals surface area contributed by atoms with E-state index >= 15 is 4.39 Å². The van der Waals surface area contributed by atoms with E-state index in [1.54, 1.807) is 25.1 Å². The standard InChI is InChI=1S/C54H73FN10O6S/c1-9-35-36-18-19-37-41-28-72-42(57-41)26-40(58-50(66)46(32-13-10-11-14-32)62(7)52(68)49-45(61(49)6)33-16-17-33)51(67)65-20-12-15-39(59-65)53(69)71-30-54(3,4)29-64(48(36)43(37)55)47(35)38-25-34(27-56-44(38)31(2)70-8)63-23-21-60(5)22-24-63/h18-19,25,27-28,31-33,39-40,45-46,49,59H,9-17,20-24,26,29-30H2,1-8H3,(H,58,66)/t31-,39-,40-,45+,46-,49+,61?/m0/s1. The van der Waals surface area contributed by atoms with E-state index in [1.165, 1.54) is 16.3 Å². The van der Waals surface area contributed by atoms with Crippen LogP contribution in [0.25, 0.3) is 33.4 Å². The third-order valence-electron chi connectivity index (χ3n) is 16.5. The summed E-state index contributed by atoms with van der Waals surface area (Å²) >= 11 is 1.31. The summed E-state index contributed by atoms with van der Waals surface area (Å²) in [6.07, 6.45) is 8.92. The quantitative estimate of drug-likeness (QED) is 0.130. The number of pyridine rings is 1. The first kappa shape index (κ1) is 50.5. The van der Waals surface area contributed by atoms with E-state index in [0.29, 0.717) is 60.1 Å². The van der Waals surface area contributed by atoms with Gasteiger partial charge in [-0.2, -0.15) is 0 Å². The number of amides is 3. The molecule has 1 unspecified atom stereocenters. The maximum absolute atomic E-state index is 18.1. The summed E-state index contributed by atoms with van der Waals surface area (Å²) < 4.78 is 32.2. The minimum atomic E-state index is -1.11. The van der Waals surface area contributed by atoms with Gasteiger partial charge in [0, 0.05) is 93.2 Å². The summed E-state index contributed by atoms with van der Waals surface area (Å²) in [5.74, 6) is -1.34. The largest absolute Gasteiger partial charge is 0.464 e. The summed E-state index contributed by atoms with van der Waals surface area (Å²) in [7, 11) is 7.52. The van der Waals surface area contributed by atoms with E-state index in [4.69, 9.17) is 19.4 Å². The van der Waals surface area contributed by atoms with E-state index in [2.05, 4.69) is 50.0 Å². The van der Waals surface area contributed by atoms with Gasteiger partial charge in [0.2, 0.25) is 11.8 Å². The number of rotatable bonds is 11. The molecule has 2 aliphatic carbocycles. The Kier molecular flexibility index (Phi) is 14.3. The fraction of sp³-hybridized carbons (Fsp3) is 0.630. The molecule has 16 nitrogen and oxygen atoms in total. The molecule has 5 fully saturated rings. The number of thiazole rings is 1. The Morgan fingerprint density at radius 3 is 2.50 bits per heavy atom. The number of nitrogens with one attached hydrogen (secondary N) is 2. The van der Waals surface area contributed by atoms with Gasteiger partial charge in [-0.3, -0.25) is 34.1 Å². The van der Waals surface area contributed by atoms with E-state index in [9.17, 15) is 19.2 Å². The number of likely N-dealkylation sites (N-methyl/N-ethyl adjacent to an activating group) is 3. The van der Waals surface area contributed by atoms with Gasteiger partial charge in [-0.25, -0.2) is 14.8 Å². The lowest BCUT2D eigenvalue weighted by Gasteiger charge is -2.37. The van der Waals surface area contributed by atoms with Crippen LogP contribution in [0.2, 0.25) is 0 Å². The third-order valence-corrected chi connectivity index (χ3v) is 17.4. The van der Waals surface area contributed by atoms with Crippen molar-refractivity contribution in [3.63, 3.8) is 0 Å². The molecule has 3 aromatic heterocycles. The zero-order chi connectivity index (χ0) is 50.7. The Hall–Kier alpha value is -5.01. The summed E-state index contributed by atoms with van der Waals surface area (Å²) in [4.78, 5) is 76.5. The number of hydrazine groups is 1. The fourth-order valence-corrected chi connectivity index (χ4v) is 13.0. The number of cyclic esters (lactones) is 1. The average Bonchev–Trinajstić information content (AvgIpc) is 4.13. The molecular formula is C54H73FN10O6S. The molecule has 4 aliphatic heterocycles. The van der Waals surface area contributed by atoms with Gasteiger partial charge in [-0.05, 0) is 95.5 Å². The smallest absolute Gasteiger partial charge is 0.324 e. The molecule has 3 amide bonds. The molecule has 72 heavy (non-hydrogen) atoms. The molecule has 3 saturated heterocycles. The molecule has 2 N–H and O–H groups in total. The minimum Gasteiger partial charge on any atom is -0.464 e. The SMILES string of the molecule is CCc1c(-c2cc(N3CCN(C)CC3)cnc2[C@H](C)OC)n2c3c(F)c(ccc13)-c1csc(n1)C[C@H](NC(=O)[C@H](C1CCCC1)N(C)C(=O)[C@H]1[C@@H](C3CC3)N1C)C(=O)N1CCC[C@H](N1)C(=O)OCC(C)(C)C2. The molecule has 0 spiro atoms. The number of carbonyl (C=O) groups excluding carboxylic acids is 4. The number of fused-ring (bicyclic) bond motifs is 6. The first-order valence-corrected chi connectivity index (χ1v) is 27.2. The highest BCUT2D eigenvalue weighted by Crippen LogP contribution is 2.47. The van der Waals surface area contributed by atoms with Crippen LogP contribution in [0.5, 0.6) is 0 Å². The van der Waals surface area contributed by atoms with Gasteiger partial charge in [0.1, 0.15) is 24.2 Å². The topological polar surface area (TPSA) is 157 Å². The van der Waals surface area contributed by atoms with Crippen molar-refractivity contribution in [3.8, 4) is 22.5 Å². The number of carbonyl (C=O) groups is 4. The van der Waals surface area contributed by atoms with Gasteiger partial charge in [0.05, 0.1) is 52.2 Å². The molecule has 7 atom stereocenters. The number of anilines is 1. The van der Waals surface area contributed by atoms with Crippen molar-refractivity contribution >= 4 is 51.6 Å². The maximum atomic E-state index is 18.1. The first-order valence-electron chi connectivity index (χ1n) is 26.4. The van der Waals surface area contributed by atoms with Crippen molar-refractivity contribution in [3.05, 3.63) is 51.9 Å². The zero-order valence-electron chi connectivity index (χ0n) is 43.3. The van der Waals surface area contributed by atoms with Crippen LogP contribution in [0.15, 0.2) is 29.8 Å². The van der Waals surface area contributed by atoms with Crippen LogP contribution in [0, 0.1) is 23.1 Å². The van der Waals surface area contributed by atoms with Gasteiger partial charge >= 0.3 is 5.97 Å². The highest BCUT2D eigenvalue weighted by Gasteiger charge is 2.58. The van der Waals surface area contributed by atoms with Crippen molar-refractivity contribution in [2.24, 2.45) is 17.3 Å². The summed E-state index contributed by atoms with van der Waals surface area (Å²) in [5, 5.41) is 7.67. The second-order valence-electron chi connectivity index (χ2n) is 22.2. The monoisotopic (exact) mass is 1010 g/mol. The van der Waals surface area contributed by atoms with Crippen molar-refractivity contribution in [2.75, 3.05) is 72.5 Å². The highest BCUT2D eigenvalue weighted by atomic mass is 32.1.